The molecule has 1 fully saturated rings. The van der Waals surface area contributed by atoms with E-state index in [1.54, 1.807) is 11.0 Å². The second-order valence-electron chi connectivity index (χ2n) is 5.39. The van der Waals surface area contributed by atoms with Crippen LogP contribution in [-0.2, 0) is 4.79 Å². The van der Waals surface area contributed by atoms with Gasteiger partial charge in [0.1, 0.15) is 0 Å². The van der Waals surface area contributed by atoms with Crippen LogP contribution in [0, 0.1) is 12.8 Å². The second kappa shape index (κ2) is 5.83. The molecular weight excluding hydrogens is 274 g/mol. The Bertz CT molecular complexity index is 497. The predicted molar refractivity (Wildman–Crippen MR) is 80.8 cm³/mol. The number of hydrogen-bond donors (Lipinski definition) is 1. The van der Waals surface area contributed by atoms with Gasteiger partial charge in [-0.1, -0.05) is 13.8 Å². The Kier molecular flexibility index (Phi) is 4.32. The minimum absolute atomic E-state index is 0.0111. The average Bonchev–Trinajstić information content (AvgIpc) is 2.77. The highest BCUT2D eigenvalue weighted by molar-refractivity contribution is 7.14. The summed E-state index contributed by atoms with van der Waals surface area (Å²) in [6.07, 6.45) is 0. The summed E-state index contributed by atoms with van der Waals surface area (Å²) in [5.74, 6) is 0.191. The first-order valence-corrected chi connectivity index (χ1v) is 7.65. The smallest absolute Gasteiger partial charge is 0.264 e. The van der Waals surface area contributed by atoms with Crippen LogP contribution < -0.4 is 5.73 Å². The molecule has 0 aliphatic carbocycles. The lowest BCUT2D eigenvalue weighted by Crippen LogP contribution is -2.51. The molecule has 1 aliphatic rings. The highest BCUT2D eigenvalue weighted by Gasteiger charge is 2.26. The van der Waals surface area contributed by atoms with Gasteiger partial charge in [-0.15, -0.1) is 11.3 Å². The first-order chi connectivity index (χ1) is 9.40. The fourth-order valence-electron chi connectivity index (χ4n) is 2.25. The minimum atomic E-state index is 0.0111. The zero-order valence-electron chi connectivity index (χ0n) is 12.2. The van der Waals surface area contributed by atoms with Crippen molar-refractivity contribution in [3.63, 3.8) is 0 Å². The predicted octanol–water partition coefficient (Wildman–Crippen LogP) is 1.58. The molecule has 2 N–H and O–H groups in total. The summed E-state index contributed by atoms with van der Waals surface area (Å²) in [5.41, 5.74) is 6.46. The summed E-state index contributed by atoms with van der Waals surface area (Å²) >= 11 is 1.43. The van der Waals surface area contributed by atoms with Gasteiger partial charge in [0.2, 0.25) is 5.91 Å². The number of nitrogens with two attached hydrogens (primary N) is 1. The summed E-state index contributed by atoms with van der Waals surface area (Å²) < 4.78 is 0. The van der Waals surface area contributed by atoms with Gasteiger partial charge >= 0.3 is 0 Å². The topological polar surface area (TPSA) is 66.6 Å². The lowest BCUT2D eigenvalue weighted by atomic mass is 10.1. The van der Waals surface area contributed by atoms with E-state index in [9.17, 15) is 9.59 Å². The molecule has 6 heteroatoms. The number of nitrogen functional groups attached to an aromatic ring is 1. The molecule has 2 heterocycles. The van der Waals surface area contributed by atoms with Crippen molar-refractivity contribution in [2.24, 2.45) is 5.92 Å². The Morgan fingerprint density at radius 1 is 1.20 bits per heavy atom. The summed E-state index contributed by atoms with van der Waals surface area (Å²) in [6.45, 7) is 8.12. The molecular formula is C14H21N3O2S. The number of aryl methyl sites for hydroxylation is 1. The van der Waals surface area contributed by atoms with Crippen molar-refractivity contribution < 1.29 is 9.59 Å². The summed E-state index contributed by atoms with van der Waals surface area (Å²) in [7, 11) is 0. The summed E-state index contributed by atoms with van der Waals surface area (Å²) in [6, 6.07) is 1.74. The Morgan fingerprint density at radius 2 is 1.75 bits per heavy atom. The van der Waals surface area contributed by atoms with E-state index in [0.717, 1.165) is 4.88 Å². The molecule has 0 bridgehead atoms. The number of carbonyl (C=O) groups excluding carboxylic acids is 2. The molecule has 1 aliphatic heterocycles. The maximum Gasteiger partial charge on any atom is 0.264 e. The third kappa shape index (κ3) is 2.95. The van der Waals surface area contributed by atoms with Gasteiger partial charge in [0.25, 0.3) is 5.91 Å². The van der Waals surface area contributed by atoms with Crippen LogP contribution in [0.2, 0.25) is 0 Å². The molecule has 0 saturated carbocycles. The minimum Gasteiger partial charge on any atom is -0.398 e. The first kappa shape index (κ1) is 14.8. The maximum atomic E-state index is 12.4. The fourth-order valence-corrected chi connectivity index (χ4v) is 3.16. The quantitative estimate of drug-likeness (QED) is 0.901. The maximum absolute atomic E-state index is 12.4. The van der Waals surface area contributed by atoms with Gasteiger partial charge in [0.15, 0.2) is 0 Å². The zero-order chi connectivity index (χ0) is 14.9. The van der Waals surface area contributed by atoms with Crippen LogP contribution in [-0.4, -0.2) is 47.8 Å². The molecule has 20 heavy (non-hydrogen) atoms. The Hall–Kier alpha value is -1.56. The van der Waals surface area contributed by atoms with Crippen LogP contribution in [0.1, 0.15) is 28.4 Å². The number of thiophene rings is 1. The lowest BCUT2D eigenvalue weighted by molar-refractivity contribution is -0.135. The monoisotopic (exact) mass is 295 g/mol. The highest BCUT2D eigenvalue weighted by atomic mass is 32.1. The van der Waals surface area contributed by atoms with Gasteiger partial charge in [-0.2, -0.15) is 0 Å². The van der Waals surface area contributed by atoms with Crippen molar-refractivity contribution >= 4 is 28.8 Å². The van der Waals surface area contributed by atoms with E-state index in [1.807, 2.05) is 25.7 Å². The summed E-state index contributed by atoms with van der Waals surface area (Å²) in [4.78, 5) is 29.5. The van der Waals surface area contributed by atoms with E-state index in [2.05, 4.69) is 0 Å². The van der Waals surface area contributed by atoms with Crippen molar-refractivity contribution in [1.29, 1.82) is 0 Å². The fraction of sp³-hybridized carbons (Fsp3) is 0.571. The zero-order valence-corrected chi connectivity index (χ0v) is 13.0. The van der Waals surface area contributed by atoms with E-state index < -0.39 is 0 Å². The molecule has 0 atom stereocenters. The summed E-state index contributed by atoms with van der Waals surface area (Å²) in [5, 5.41) is 0. The van der Waals surface area contributed by atoms with Gasteiger partial charge in [-0.05, 0) is 13.0 Å². The third-order valence-corrected chi connectivity index (χ3v) is 4.59. The SMILES string of the molecule is Cc1sc(C(=O)N2CCN(C(=O)C(C)C)CC2)cc1N. The highest BCUT2D eigenvalue weighted by Crippen LogP contribution is 2.25. The van der Waals surface area contributed by atoms with Gasteiger partial charge in [-0.3, -0.25) is 9.59 Å². The third-order valence-electron chi connectivity index (χ3n) is 3.54. The lowest BCUT2D eigenvalue weighted by Gasteiger charge is -2.35. The molecule has 0 aromatic carbocycles. The average molecular weight is 295 g/mol. The number of amides is 2. The number of nitrogens with zero attached hydrogens (tertiary/aromatic N) is 2. The largest absolute Gasteiger partial charge is 0.398 e. The molecule has 0 radical (unpaired) electrons. The van der Waals surface area contributed by atoms with E-state index in [-0.39, 0.29) is 17.7 Å². The number of piperazine rings is 1. The number of anilines is 1. The number of rotatable bonds is 2. The van der Waals surface area contributed by atoms with Gasteiger partial charge in [0, 0.05) is 42.7 Å². The van der Waals surface area contributed by atoms with E-state index in [0.29, 0.717) is 36.7 Å². The van der Waals surface area contributed by atoms with Crippen LogP contribution in [0.3, 0.4) is 0 Å². The molecule has 1 aromatic heterocycles. The van der Waals surface area contributed by atoms with E-state index in [1.165, 1.54) is 11.3 Å². The first-order valence-electron chi connectivity index (χ1n) is 6.84. The van der Waals surface area contributed by atoms with Crippen LogP contribution in [0.25, 0.3) is 0 Å². The molecule has 0 spiro atoms. The van der Waals surface area contributed by atoms with Crippen LogP contribution in [0.5, 0.6) is 0 Å². The van der Waals surface area contributed by atoms with Crippen LogP contribution >= 0.6 is 11.3 Å². The molecule has 1 saturated heterocycles. The van der Waals surface area contributed by atoms with Crippen LogP contribution in [0.15, 0.2) is 6.07 Å². The van der Waals surface area contributed by atoms with Crippen molar-refractivity contribution in [1.82, 2.24) is 9.80 Å². The number of carbonyl (C=O) groups is 2. The Morgan fingerprint density at radius 3 is 2.20 bits per heavy atom. The molecule has 2 amide bonds. The van der Waals surface area contributed by atoms with Crippen LogP contribution in [0.4, 0.5) is 5.69 Å². The van der Waals surface area contributed by atoms with Gasteiger partial charge in [-0.25, -0.2) is 0 Å². The van der Waals surface area contributed by atoms with Gasteiger partial charge in [0.05, 0.1) is 4.88 Å². The van der Waals surface area contributed by atoms with Crippen molar-refractivity contribution in [3.8, 4) is 0 Å². The van der Waals surface area contributed by atoms with Crippen molar-refractivity contribution in [2.45, 2.75) is 20.8 Å². The molecule has 2 rings (SSSR count). The normalized spacial score (nSPS) is 15.8. The van der Waals surface area contributed by atoms with Gasteiger partial charge < -0.3 is 15.5 Å². The Balaban J connectivity index is 1.97. The van der Waals surface area contributed by atoms with Crippen molar-refractivity contribution in [2.75, 3.05) is 31.9 Å². The van der Waals surface area contributed by atoms with Crippen molar-refractivity contribution in [3.05, 3.63) is 15.8 Å². The Labute approximate surface area is 123 Å². The standard InChI is InChI=1S/C14H21N3O2S/c1-9(2)13(18)16-4-6-17(7-5-16)14(19)12-8-11(15)10(3)20-12/h8-9H,4-7,15H2,1-3H3. The molecule has 5 nitrogen and oxygen atoms in total. The molecule has 110 valence electrons. The molecule has 0 unspecified atom stereocenters. The second-order valence-corrected chi connectivity index (χ2v) is 6.65. The van der Waals surface area contributed by atoms with E-state index >= 15 is 0 Å². The number of hydrogen-bond acceptors (Lipinski definition) is 4. The molecule has 1 aromatic rings. The van der Waals surface area contributed by atoms with E-state index in [4.69, 9.17) is 5.73 Å².